The minimum Gasteiger partial charge on any atom is -0.384 e. The number of hydrogen-bond donors (Lipinski definition) is 4. The fraction of sp³-hybridized carbons (Fsp3) is 0.483. The van der Waals surface area contributed by atoms with Crippen molar-refractivity contribution in [2.75, 3.05) is 12.3 Å². The molecule has 0 aliphatic heterocycles. The summed E-state index contributed by atoms with van der Waals surface area (Å²) in [5.41, 5.74) is 1.39. The van der Waals surface area contributed by atoms with E-state index in [1.165, 1.54) is 19.1 Å². The second-order valence-electron chi connectivity index (χ2n) is 10.3. The Kier molecular flexibility index (Phi) is 13.6. The summed E-state index contributed by atoms with van der Waals surface area (Å²) in [5, 5.41) is 12.7. The van der Waals surface area contributed by atoms with Crippen molar-refractivity contribution < 1.29 is 27.9 Å². The highest BCUT2D eigenvalue weighted by Gasteiger charge is 2.25. The largest absolute Gasteiger partial charge is 0.384 e. The molecule has 0 aliphatic carbocycles. The first kappa shape index (κ1) is 34.6. The summed E-state index contributed by atoms with van der Waals surface area (Å²) in [6.07, 6.45) is 0.453. The molecule has 0 radical (unpaired) electrons. The van der Waals surface area contributed by atoms with Crippen LogP contribution in [0.1, 0.15) is 58.9 Å². The molecule has 226 valence electrons. The van der Waals surface area contributed by atoms with E-state index in [-0.39, 0.29) is 52.8 Å². The van der Waals surface area contributed by atoms with E-state index >= 15 is 0 Å². The summed E-state index contributed by atoms with van der Waals surface area (Å²) in [6.45, 7) is 7.69. The summed E-state index contributed by atoms with van der Waals surface area (Å²) in [4.78, 5) is 38.8. The van der Waals surface area contributed by atoms with Crippen molar-refractivity contribution in [1.82, 2.24) is 14.9 Å². The molecule has 0 aliphatic rings. The maximum atomic E-state index is 12.9. The van der Waals surface area contributed by atoms with E-state index in [1.807, 2.05) is 11.6 Å². The summed E-state index contributed by atoms with van der Waals surface area (Å²) in [6, 6.07) is 11.1. The van der Waals surface area contributed by atoms with Crippen LogP contribution in [0.15, 0.2) is 47.4 Å². The molecule has 0 spiro atoms. The Morgan fingerprint density at radius 1 is 1.05 bits per heavy atom. The number of amides is 3. The molecule has 2 unspecified atom stereocenters. The molecule has 3 amide bonds. The Balaban J connectivity index is 2.26. The molecular weight excluding hydrogens is 586 g/mol. The van der Waals surface area contributed by atoms with E-state index in [4.69, 9.17) is 11.6 Å². The number of rotatable bonds is 15. The van der Waals surface area contributed by atoms with Crippen LogP contribution in [-0.2, 0) is 31.0 Å². The molecule has 12 heteroatoms. The van der Waals surface area contributed by atoms with Gasteiger partial charge in [-0.15, -0.1) is 0 Å². The molecule has 41 heavy (non-hydrogen) atoms. The zero-order valence-corrected chi connectivity index (χ0v) is 26.4. The third-order valence-electron chi connectivity index (χ3n) is 6.25. The van der Waals surface area contributed by atoms with E-state index in [9.17, 15) is 27.9 Å². The van der Waals surface area contributed by atoms with Crippen molar-refractivity contribution in [3.8, 4) is 11.1 Å². The molecule has 2 aromatic rings. The van der Waals surface area contributed by atoms with Gasteiger partial charge in [0.25, 0.3) is 15.9 Å². The van der Waals surface area contributed by atoms with Crippen LogP contribution in [0.3, 0.4) is 0 Å². The lowest BCUT2D eigenvalue weighted by atomic mass is 10.0. The van der Waals surface area contributed by atoms with Crippen LogP contribution in [-0.4, -0.2) is 60.6 Å². The van der Waals surface area contributed by atoms with Gasteiger partial charge >= 0.3 is 0 Å². The summed E-state index contributed by atoms with van der Waals surface area (Å²) >= 11 is 10.9. The van der Waals surface area contributed by atoms with Gasteiger partial charge in [-0.3, -0.25) is 14.4 Å². The number of aliphatic hydroxyl groups excluding tert-OH is 1. The molecule has 2 rings (SSSR count). The highest BCUT2D eigenvalue weighted by atomic mass is 35.5. The molecule has 2 atom stereocenters. The average Bonchev–Trinajstić information content (AvgIpc) is 2.90. The second-order valence-corrected chi connectivity index (χ2v) is 12.8. The number of halogens is 1. The summed E-state index contributed by atoms with van der Waals surface area (Å²) in [5.74, 6) is -0.331. The maximum absolute atomic E-state index is 12.9. The zero-order valence-electron chi connectivity index (χ0n) is 23.9. The Bertz CT molecular complexity index is 1320. The summed E-state index contributed by atoms with van der Waals surface area (Å²) < 4.78 is 27.7. The van der Waals surface area contributed by atoms with Crippen LogP contribution in [0, 0.1) is 5.92 Å². The van der Waals surface area contributed by atoms with E-state index in [0.717, 1.165) is 6.42 Å². The normalized spacial score (nSPS) is 13.0. The fourth-order valence-electron chi connectivity index (χ4n) is 4.24. The second kappa shape index (κ2) is 16.1. The molecule has 0 heterocycles. The number of aliphatic hydroxyl groups is 1. The molecule has 0 bridgehead atoms. The van der Waals surface area contributed by atoms with Crippen molar-refractivity contribution >= 4 is 52.0 Å². The topological polar surface area (TPSA) is 133 Å². The lowest BCUT2D eigenvalue weighted by molar-refractivity contribution is -0.132. The van der Waals surface area contributed by atoms with Crippen molar-refractivity contribution in [2.45, 2.75) is 77.0 Å². The predicted molar refractivity (Wildman–Crippen MR) is 164 cm³/mol. The van der Waals surface area contributed by atoms with Crippen LogP contribution < -0.4 is 10.0 Å². The quantitative estimate of drug-likeness (QED) is 0.220. The molecule has 0 aromatic heterocycles. The van der Waals surface area contributed by atoms with E-state index in [0.29, 0.717) is 35.6 Å². The number of nitrogens with zero attached hydrogens (tertiary/aromatic N) is 1. The van der Waals surface area contributed by atoms with Gasteiger partial charge in [-0.2, -0.15) is 12.6 Å². The van der Waals surface area contributed by atoms with Crippen LogP contribution in [0.5, 0.6) is 0 Å². The zero-order chi connectivity index (χ0) is 30.7. The van der Waals surface area contributed by atoms with Gasteiger partial charge in [0.15, 0.2) is 0 Å². The van der Waals surface area contributed by atoms with Crippen LogP contribution in [0.2, 0.25) is 5.02 Å². The molecule has 3 N–H and O–H groups in total. The smallest absolute Gasteiger partial charge is 0.264 e. The van der Waals surface area contributed by atoms with Gasteiger partial charge in [-0.25, -0.2) is 13.1 Å². The molecule has 0 saturated carbocycles. The Labute approximate surface area is 253 Å². The third-order valence-corrected chi connectivity index (χ3v) is 8.41. The first-order valence-corrected chi connectivity index (χ1v) is 16.1. The minimum atomic E-state index is -4.29. The standard InChI is InChI=1S/C29H40ClN3O6S2/c1-5-8-28(36)33(14-13-27(35)31-22(18-40)15-19(2)3)17-21-11-12-23(25(30)16-21)24-9-6-7-10-26(24)41(38,39)32-29(37)20(4)34/h6-7,9-12,16,19-20,22,34,40H,5,8,13-15,17-18H2,1-4H3,(H,31,35)(H,32,37). The van der Waals surface area contributed by atoms with E-state index < -0.39 is 22.0 Å². The van der Waals surface area contributed by atoms with Gasteiger partial charge in [0, 0.05) is 53.9 Å². The van der Waals surface area contributed by atoms with Gasteiger partial charge in [0.05, 0.1) is 4.90 Å². The van der Waals surface area contributed by atoms with Gasteiger partial charge in [0.1, 0.15) is 6.10 Å². The Hall–Kier alpha value is -2.60. The van der Waals surface area contributed by atoms with Crippen LogP contribution in [0.25, 0.3) is 11.1 Å². The van der Waals surface area contributed by atoms with E-state index in [1.54, 1.807) is 35.2 Å². The number of sulfonamides is 1. The third kappa shape index (κ3) is 10.6. The van der Waals surface area contributed by atoms with Gasteiger partial charge < -0.3 is 15.3 Å². The number of thiol groups is 1. The molecule has 2 aromatic carbocycles. The predicted octanol–water partition coefficient (Wildman–Crippen LogP) is 4.17. The lowest BCUT2D eigenvalue weighted by Crippen LogP contribution is -2.40. The van der Waals surface area contributed by atoms with Gasteiger partial charge in [-0.1, -0.05) is 62.7 Å². The minimum absolute atomic E-state index is 0.0379. The summed E-state index contributed by atoms with van der Waals surface area (Å²) in [7, 11) is -4.29. The van der Waals surface area contributed by atoms with Crippen molar-refractivity contribution in [2.24, 2.45) is 5.92 Å². The number of carbonyl (C=O) groups is 3. The van der Waals surface area contributed by atoms with Crippen LogP contribution in [0.4, 0.5) is 0 Å². The number of carbonyl (C=O) groups excluding carboxylic acids is 3. The molecule has 0 saturated heterocycles. The number of benzene rings is 2. The SMILES string of the molecule is CCCC(=O)N(CCC(=O)NC(CS)CC(C)C)Cc1ccc(-c2ccccc2S(=O)(=O)NC(=O)C(C)O)c(Cl)c1. The average molecular weight is 626 g/mol. The van der Waals surface area contributed by atoms with Crippen molar-refractivity contribution in [3.63, 3.8) is 0 Å². The van der Waals surface area contributed by atoms with Crippen LogP contribution >= 0.6 is 24.2 Å². The van der Waals surface area contributed by atoms with Gasteiger partial charge in [0.2, 0.25) is 11.8 Å². The monoisotopic (exact) mass is 625 g/mol. The van der Waals surface area contributed by atoms with Gasteiger partial charge in [-0.05, 0) is 43.4 Å². The molecule has 0 fully saturated rings. The number of nitrogens with one attached hydrogen (secondary N) is 2. The fourth-order valence-corrected chi connectivity index (χ4v) is 6.06. The lowest BCUT2D eigenvalue weighted by Gasteiger charge is -2.24. The molecule has 9 nitrogen and oxygen atoms in total. The maximum Gasteiger partial charge on any atom is 0.264 e. The van der Waals surface area contributed by atoms with E-state index in [2.05, 4.69) is 31.8 Å². The Morgan fingerprint density at radius 3 is 2.32 bits per heavy atom. The van der Waals surface area contributed by atoms with Crippen molar-refractivity contribution in [3.05, 3.63) is 53.1 Å². The first-order chi connectivity index (χ1) is 19.3. The molecular formula is C29H40ClN3O6S2. The van der Waals surface area contributed by atoms with Crippen molar-refractivity contribution in [1.29, 1.82) is 0 Å². The highest BCUT2D eigenvalue weighted by Crippen LogP contribution is 2.33. The highest BCUT2D eigenvalue weighted by molar-refractivity contribution is 7.90. The number of hydrogen-bond acceptors (Lipinski definition) is 7. The Morgan fingerprint density at radius 2 is 1.73 bits per heavy atom. The first-order valence-electron chi connectivity index (χ1n) is 13.6.